The van der Waals surface area contributed by atoms with E-state index in [0.29, 0.717) is 33.1 Å². The Balaban J connectivity index is 0.000000111. The fourth-order valence-electron chi connectivity index (χ4n) is 18.6. The van der Waals surface area contributed by atoms with Crippen LogP contribution in [0, 0.1) is 0 Å². The van der Waals surface area contributed by atoms with E-state index < -0.39 is 0 Å². The zero-order valence-electron chi connectivity index (χ0n) is 67.3. The summed E-state index contributed by atoms with van der Waals surface area (Å²) < 4.78 is 5.43. The van der Waals surface area contributed by atoms with Crippen LogP contribution in [0.3, 0.4) is 0 Å². The molecule has 24 rings (SSSR count). The van der Waals surface area contributed by atoms with E-state index in [4.69, 9.17) is 15.0 Å². The number of fused-ring (bicyclic) bond motifs is 12. The smallest absolute Gasteiger partial charge is 0.264 e. The van der Waals surface area contributed by atoms with Crippen LogP contribution in [0.25, 0.3) is 227 Å². The third-order valence-corrected chi connectivity index (χ3v) is 24.6. The van der Waals surface area contributed by atoms with Crippen molar-refractivity contribution in [1.29, 1.82) is 0 Å². The van der Waals surface area contributed by atoms with Gasteiger partial charge in [0.05, 0.1) is 33.1 Å². The van der Waals surface area contributed by atoms with Crippen LogP contribution in [-0.2, 0) is 6.42 Å². The van der Waals surface area contributed by atoms with Crippen molar-refractivity contribution in [3.63, 3.8) is 0 Å². The Hall–Kier alpha value is -16.6. The molecule has 0 N–H and O–H groups in total. The fourth-order valence-corrected chi connectivity index (χ4v) is 18.6. The summed E-state index contributed by atoms with van der Waals surface area (Å²) in [6.45, 7) is 11.6. The Morgan fingerprint density at radius 3 is 0.790 bits per heavy atom. The molecule has 0 unspecified atom stereocenters. The highest BCUT2D eigenvalue weighted by atomic mass is 16.1. The summed E-state index contributed by atoms with van der Waals surface area (Å²) in [5, 5.41) is 11.0. The van der Waals surface area contributed by atoms with Crippen molar-refractivity contribution in [2.24, 2.45) is 0 Å². The van der Waals surface area contributed by atoms with E-state index in [9.17, 15) is 14.4 Å². The first-order valence-corrected chi connectivity index (χ1v) is 41.6. The lowest BCUT2D eigenvalue weighted by molar-refractivity contribution is 1.19. The van der Waals surface area contributed by atoms with Gasteiger partial charge in [0.25, 0.3) is 16.7 Å². The molecule has 0 saturated carbocycles. The monoisotopic (exact) mass is 1590 g/mol. The molecule has 0 saturated heterocycles. The van der Waals surface area contributed by atoms with E-state index in [2.05, 4.69) is 262 Å². The second-order valence-corrected chi connectivity index (χ2v) is 31.6. The molecule has 0 fully saturated rings. The van der Waals surface area contributed by atoms with Gasteiger partial charge in [-0.2, -0.15) is 0 Å². The van der Waals surface area contributed by atoms with Gasteiger partial charge in [-0.3, -0.25) is 27.6 Å². The summed E-state index contributed by atoms with van der Waals surface area (Å²) in [6, 6.07) is 131. The number of allylic oxidation sites excluding steroid dienone is 1. The van der Waals surface area contributed by atoms with Crippen molar-refractivity contribution in [2.75, 3.05) is 0 Å². The molecule has 18 aromatic carbocycles. The van der Waals surface area contributed by atoms with Crippen LogP contribution in [-0.4, -0.2) is 28.2 Å². The van der Waals surface area contributed by atoms with E-state index >= 15 is 0 Å². The molecule has 0 aliphatic carbocycles. The molecule has 9 heteroatoms. The topological polar surface area (TPSA) is 103 Å². The van der Waals surface area contributed by atoms with E-state index in [1.165, 1.54) is 5.56 Å². The lowest BCUT2D eigenvalue weighted by Crippen LogP contribution is -2.13. The molecule has 9 nitrogen and oxygen atoms in total. The molecule has 6 aromatic heterocycles. The minimum Gasteiger partial charge on any atom is -0.268 e. The first kappa shape index (κ1) is 73.7. The van der Waals surface area contributed by atoms with Crippen molar-refractivity contribution in [3.05, 3.63) is 456 Å². The molecular weight excluding hydrogens is 1510 g/mol. The quantitative estimate of drug-likeness (QED) is 0.107. The van der Waals surface area contributed by atoms with Gasteiger partial charge in [-0.15, -0.1) is 6.58 Å². The Morgan fingerprint density at radius 1 is 0.226 bits per heavy atom. The fraction of sp³-hybridized carbons (Fsp3) is 0.00870. The molecule has 0 aliphatic heterocycles. The highest BCUT2D eigenvalue weighted by Crippen LogP contribution is 2.45. The maximum atomic E-state index is 14.3. The van der Waals surface area contributed by atoms with Gasteiger partial charge in [-0.05, 0) is 189 Å². The first-order chi connectivity index (χ1) is 61.1. The van der Waals surface area contributed by atoms with E-state index in [1.807, 2.05) is 171 Å². The van der Waals surface area contributed by atoms with E-state index in [-0.39, 0.29) is 16.7 Å². The molecule has 6 heterocycles. The van der Waals surface area contributed by atoms with Crippen LogP contribution in [0.5, 0.6) is 0 Å². The number of benzene rings is 18. The van der Waals surface area contributed by atoms with Gasteiger partial charge in [0.15, 0.2) is 0 Å². The van der Waals surface area contributed by atoms with Gasteiger partial charge in [0.1, 0.15) is 16.9 Å². The highest BCUT2D eigenvalue weighted by molar-refractivity contribution is 6.23. The summed E-state index contributed by atoms with van der Waals surface area (Å²) in [5.41, 5.74) is 29.5. The Morgan fingerprint density at radius 2 is 0.484 bits per heavy atom. The van der Waals surface area contributed by atoms with Crippen molar-refractivity contribution < 1.29 is 0 Å². The second kappa shape index (κ2) is 30.3. The summed E-state index contributed by atoms with van der Waals surface area (Å²) in [7, 11) is 0. The number of rotatable bonds is 13. The number of hydrogen-bond acceptors (Lipinski definition) is 6. The normalized spacial score (nSPS) is 11.6. The van der Waals surface area contributed by atoms with Crippen molar-refractivity contribution in [3.8, 4) is 100 Å². The number of imidazole rings is 3. The molecule has 582 valence electrons. The highest BCUT2D eigenvalue weighted by Gasteiger charge is 2.26. The number of pyridine rings is 3. The van der Waals surface area contributed by atoms with Crippen LogP contribution in [0.4, 0.5) is 0 Å². The standard InChI is InChI=1S/C39H26N2O.2C38H24N2O/c1-2-10-25-17-19-28(20-18-25)30-21-22-32-36-31(30)15-9-16-33(36)39(42)41-35-24-29(26-11-5-3-6-12-26)23-34(37(35)40-38(32)41)27-13-7-4-8-14-27;1-2-24-16-18-27(19-17-24)29-20-21-31-35-30(29)14-9-15-32(35)38(41)40-34-23-28(25-10-5-3-6-11-25)22-33(36(34)39-37(31)40)26-12-7-4-8-13-26;1-2-24-16-18-27(19-17-24)29-20-21-32-35-30(29)14-9-15-31(35)37-39-36-33(26-12-7-4-8-13-26)22-28(25-10-5-3-6-11-25)23-34(36)40(37)38(32)41/h2-9,11-24H,1,10H2;2*2-23H,1H2. The average Bonchev–Trinajstić information content (AvgIpc) is 1.54. The molecule has 124 heavy (non-hydrogen) atoms. The van der Waals surface area contributed by atoms with Crippen molar-refractivity contribution in [2.45, 2.75) is 6.42 Å². The molecule has 0 atom stereocenters. The van der Waals surface area contributed by atoms with Gasteiger partial charge in [-0.25, -0.2) is 15.0 Å². The van der Waals surface area contributed by atoms with Crippen LogP contribution in [0.1, 0.15) is 16.7 Å². The molecule has 0 aliphatic rings. The Labute approximate surface area is 712 Å². The molecule has 0 spiro atoms. The Bertz CT molecular complexity index is 8290. The van der Waals surface area contributed by atoms with Crippen LogP contribution in [0.15, 0.2) is 422 Å². The first-order valence-electron chi connectivity index (χ1n) is 41.6. The van der Waals surface area contributed by atoms with Crippen molar-refractivity contribution >= 4 is 127 Å². The van der Waals surface area contributed by atoms with Crippen LogP contribution < -0.4 is 16.7 Å². The molecule has 0 amide bonds. The summed E-state index contributed by atoms with van der Waals surface area (Å²) in [5.74, 6) is 0. The largest absolute Gasteiger partial charge is 0.268 e. The van der Waals surface area contributed by atoms with Gasteiger partial charge in [0.2, 0.25) is 0 Å². The summed E-state index contributed by atoms with van der Waals surface area (Å²) >= 11 is 0. The van der Waals surface area contributed by atoms with Crippen molar-refractivity contribution in [1.82, 2.24) is 28.2 Å². The van der Waals surface area contributed by atoms with Crippen LogP contribution >= 0.6 is 0 Å². The summed E-state index contributed by atoms with van der Waals surface area (Å²) in [6.07, 6.45) is 6.45. The molecular formula is C115H74N6O3. The number of nitrogens with zero attached hydrogens (tertiary/aromatic N) is 6. The Kier molecular flexibility index (Phi) is 18.0. The predicted molar refractivity (Wildman–Crippen MR) is 519 cm³/mol. The third-order valence-electron chi connectivity index (χ3n) is 24.6. The summed E-state index contributed by atoms with van der Waals surface area (Å²) in [4.78, 5) is 58.6. The molecule has 24 aromatic rings. The third kappa shape index (κ3) is 12.3. The molecule has 0 bridgehead atoms. The van der Waals surface area contributed by atoms with Gasteiger partial charge >= 0.3 is 0 Å². The van der Waals surface area contributed by atoms with Gasteiger partial charge < -0.3 is 0 Å². The minimum atomic E-state index is -0.0519. The number of hydrogen-bond donors (Lipinski definition) is 0. The van der Waals surface area contributed by atoms with E-state index in [0.717, 1.165) is 199 Å². The lowest BCUT2D eigenvalue weighted by atomic mass is 9.93. The maximum Gasteiger partial charge on any atom is 0.264 e. The number of aromatic nitrogens is 6. The average molecular weight is 1590 g/mol. The minimum absolute atomic E-state index is 0.0479. The van der Waals surface area contributed by atoms with Crippen LogP contribution in [0.2, 0.25) is 0 Å². The zero-order valence-corrected chi connectivity index (χ0v) is 67.3. The molecule has 0 radical (unpaired) electrons. The van der Waals surface area contributed by atoms with Gasteiger partial charge in [0, 0.05) is 65.2 Å². The predicted octanol–water partition coefficient (Wildman–Crippen LogP) is 27.8. The SMILES string of the molecule is C=CCc1ccc(-c2ccc3c4c2cccc4c(=O)n2c4cc(-c5ccccc5)cc(-c5ccccc5)c4nc32)cc1.C=Cc1ccc(-c2ccc3c(=O)n4c5cc(-c6ccccc6)cc(-c6ccccc6)c5nc4c4cccc2c34)cc1.C=Cc1ccc(-c2ccc3c4c2cccc4c(=O)n2c4cc(-c5ccccc5)cc(-c5ccccc5)c4nc32)cc1. The lowest BCUT2D eigenvalue weighted by Gasteiger charge is -2.12. The zero-order chi connectivity index (χ0) is 83.2. The maximum absolute atomic E-state index is 14.3. The second-order valence-electron chi connectivity index (χ2n) is 31.6. The van der Waals surface area contributed by atoms with E-state index in [1.54, 1.807) is 0 Å². The van der Waals surface area contributed by atoms with Gasteiger partial charge in [-0.1, -0.05) is 347 Å².